The number of benzene rings is 1. The number of amides is 1. The lowest BCUT2D eigenvalue weighted by Crippen LogP contribution is -2.53. The van der Waals surface area contributed by atoms with Gasteiger partial charge >= 0.3 is 0 Å². The third kappa shape index (κ3) is 4.48. The number of aromatic nitrogens is 3. The highest BCUT2D eigenvalue weighted by Gasteiger charge is 2.54. The van der Waals surface area contributed by atoms with Crippen molar-refractivity contribution in [1.29, 1.82) is 0 Å². The van der Waals surface area contributed by atoms with Crippen molar-refractivity contribution in [2.75, 3.05) is 0 Å². The molecule has 1 amide bonds. The van der Waals surface area contributed by atoms with Crippen molar-refractivity contribution in [3.05, 3.63) is 41.7 Å². The zero-order chi connectivity index (χ0) is 22.1. The highest BCUT2D eigenvalue weighted by Crippen LogP contribution is 2.60. The molecule has 2 aromatic rings. The van der Waals surface area contributed by atoms with Gasteiger partial charge in [0.05, 0.1) is 6.54 Å². The first-order valence-electron chi connectivity index (χ1n) is 12.5. The molecule has 0 spiro atoms. The first-order valence-corrected chi connectivity index (χ1v) is 13.3. The molecule has 4 saturated carbocycles. The zero-order valence-electron chi connectivity index (χ0n) is 19.4. The molecule has 1 heterocycles. The molecule has 4 aliphatic carbocycles. The number of rotatable bonds is 9. The number of aryl methyl sites for hydroxylation is 1. The summed E-state index contributed by atoms with van der Waals surface area (Å²) in [5.74, 6) is 3.48. The molecule has 0 radical (unpaired) electrons. The van der Waals surface area contributed by atoms with E-state index >= 15 is 0 Å². The predicted molar refractivity (Wildman–Crippen MR) is 128 cm³/mol. The number of carbonyl (C=O) groups excluding carboxylic acids is 1. The van der Waals surface area contributed by atoms with Gasteiger partial charge in [-0.1, -0.05) is 55.9 Å². The molecule has 6 heteroatoms. The summed E-state index contributed by atoms with van der Waals surface area (Å²) in [6, 6.07) is 10.6. The quantitative estimate of drug-likeness (QED) is 0.528. The van der Waals surface area contributed by atoms with Crippen molar-refractivity contribution < 1.29 is 4.79 Å². The predicted octanol–water partition coefficient (Wildman–Crippen LogP) is 5.24. The van der Waals surface area contributed by atoms with Gasteiger partial charge in [0.1, 0.15) is 0 Å². The molecule has 5 nitrogen and oxygen atoms in total. The molecular formula is C26H36N4OS. The molecule has 4 fully saturated rings. The normalized spacial score (nSPS) is 29.2. The van der Waals surface area contributed by atoms with Gasteiger partial charge in [-0.3, -0.25) is 4.79 Å². The second kappa shape index (κ2) is 9.20. The maximum atomic E-state index is 13.4. The van der Waals surface area contributed by atoms with Crippen LogP contribution in [-0.4, -0.2) is 25.9 Å². The van der Waals surface area contributed by atoms with E-state index in [1.54, 1.807) is 11.8 Å². The Morgan fingerprint density at radius 1 is 1.12 bits per heavy atom. The van der Waals surface area contributed by atoms with Crippen molar-refractivity contribution >= 4 is 17.7 Å². The third-order valence-corrected chi connectivity index (χ3v) is 9.32. The fourth-order valence-electron chi connectivity index (χ4n) is 6.65. The van der Waals surface area contributed by atoms with Crippen LogP contribution in [0.3, 0.4) is 0 Å². The molecule has 0 unspecified atom stereocenters. The van der Waals surface area contributed by atoms with E-state index < -0.39 is 0 Å². The number of carbonyl (C=O) groups is 1. The van der Waals surface area contributed by atoms with Gasteiger partial charge in [-0.25, -0.2) is 0 Å². The van der Waals surface area contributed by atoms with Gasteiger partial charge in [0.2, 0.25) is 5.91 Å². The largest absolute Gasteiger partial charge is 0.348 e. The molecule has 4 bridgehead atoms. The second-order valence-corrected chi connectivity index (χ2v) is 11.9. The number of nitrogens with one attached hydrogen (secondary N) is 1. The summed E-state index contributed by atoms with van der Waals surface area (Å²) in [6.45, 7) is 5.74. The standard InChI is InChI=1S/C26H36N4OS/c1-3-18(2)32-25-29-28-23(30(25)10-9-19-7-5-4-6-8-19)17-27-24(31)26-14-20-11-21(15-26)13-22(12-20)16-26/h4-8,18,20-22H,3,9-17H2,1-2H3,(H,27,31)/t18-,20?,21?,22?,26?/m0/s1. The smallest absolute Gasteiger partial charge is 0.226 e. The molecule has 1 atom stereocenters. The summed E-state index contributed by atoms with van der Waals surface area (Å²) in [6.07, 6.45) is 9.39. The van der Waals surface area contributed by atoms with E-state index in [1.807, 2.05) is 0 Å². The number of nitrogens with zero attached hydrogens (tertiary/aromatic N) is 3. The number of thioether (sulfide) groups is 1. The first kappa shape index (κ1) is 22.0. The lowest BCUT2D eigenvalue weighted by Gasteiger charge is -2.55. The van der Waals surface area contributed by atoms with Crippen molar-refractivity contribution in [3.63, 3.8) is 0 Å². The van der Waals surface area contributed by atoms with Crippen LogP contribution in [0.4, 0.5) is 0 Å². The number of hydrogen-bond acceptors (Lipinski definition) is 4. The summed E-state index contributed by atoms with van der Waals surface area (Å²) in [5.41, 5.74) is 1.20. The Morgan fingerprint density at radius 2 is 1.78 bits per heavy atom. The third-order valence-electron chi connectivity index (χ3n) is 8.07. The van der Waals surface area contributed by atoms with Gasteiger partial charge in [-0.05, 0) is 74.7 Å². The summed E-state index contributed by atoms with van der Waals surface area (Å²) in [7, 11) is 0. The molecule has 1 aromatic carbocycles. The Labute approximate surface area is 196 Å². The SMILES string of the molecule is CC[C@H](C)Sc1nnc(CNC(=O)C23CC4CC(CC(C4)C2)C3)n1CCc1ccccc1. The Morgan fingerprint density at radius 3 is 2.41 bits per heavy atom. The van der Waals surface area contributed by atoms with Crippen LogP contribution >= 0.6 is 11.8 Å². The fourth-order valence-corrected chi connectivity index (χ4v) is 7.58. The number of hydrogen-bond donors (Lipinski definition) is 1. The Hall–Kier alpha value is -1.82. The van der Waals surface area contributed by atoms with Gasteiger partial charge in [-0.15, -0.1) is 10.2 Å². The van der Waals surface area contributed by atoms with Crippen molar-refractivity contribution in [2.24, 2.45) is 23.2 Å². The van der Waals surface area contributed by atoms with Crippen LogP contribution in [0.5, 0.6) is 0 Å². The van der Waals surface area contributed by atoms with Crippen molar-refractivity contribution in [2.45, 2.75) is 88.7 Å². The second-order valence-electron chi connectivity index (χ2n) is 10.5. The average Bonchev–Trinajstić information content (AvgIpc) is 3.16. The molecule has 32 heavy (non-hydrogen) atoms. The van der Waals surface area contributed by atoms with E-state index in [2.05, 4.69) is 64.3 Å². The van der Waals surface area contributed by atoms with Crippen LogP contribution in [0.25, 0.3) is 0 Å². The van der Waals surface area contributed by atoms with E-state index in [1.165, 1.54) is 24.8 Å². The molecule has 1 N–H and O–H groups in total. The van der Waals surface area contributed by atoms with Crippen LogP contribution in [0, 0.1) is 23.2 Å². The minimum absolute atomic E-state index is 0.113. The zero-order valence-corrected chi connectivity index (χ0v) is 20.2. The van der Waals surface area contributed by atoms with Crippen molar-refractivity contribution in [1.82, 2.24) is 20.1 Å². The lowest BCUT2D eigenvalue weighted by molar-refractivity contribution is -0.146. The molecule has 1 aromatic heterocycles. The van der Waals surface area contributed by atoms with Crippen LogP contribution < -0.4 is 5.32 Å². The molecule has 6 rings (SSSR count). The van der Waals surface area contributed by atoms with E-state index in [-0.39, 0.29) is 11.3 Å². The first-order chi connectivity index (χ1) is 15.5. The summed E-state index contributed by atoms with van der Waals surface area (Å²) < 4.78 is 2.23. The maximum Gasteiger partial charge on any atom is 0.226 e. The minimum atomic E-state index is -0.113. The molecule has 0 saturated heterocycles. The van der Waals surface area contributed by atoms with Gasteiger partial charge < -0.3 is 9.88 Å². The van der Waals surface area contributed by atoms with E-state index in [0.717, 1.165) is 67.4 Å². The monoisotopic (exact) mass is 452 g/mol. The minimum Gasteiger partial charge on any atom is -0.348 e. The van der Waals surface area contributed by atoms with Crippen LogP contribution in [-0.2, 0) is 24.3 Å². The summed E-state index contributed by atoms with van der Waals surface area (Å²) in [4.78, 5) is 13.4. The Balaban J connectivity index is 1.29. The summed E-state index contributed by atoms with van der Waals surface area (Å²) >= 11 is 1.78. The molecule has 4 aliphatic rings. The van der Waals surface area contributed by atoms with E-state index in [0.29, 0.717) is 11.8 Å². The average molecular weight is 453 g/mol. The van der Waals surface area contributed by atoms with Gasteiger partial charge in [0.15, 0.2) is 11.0 Å². The van der Waals surface area contributed by atoms with Crippen LogP contribution in [0.1, 0.15) is 70.2 Å². The Bertz CT molecular complexity index is 905. The maximum absolute atomic E-state index is 13.4. The molecule has 172 valence electrons. The molecular weight excluding hydrogens is 416 g/mol. The van der Waals surface area contributed by atoms with E-state index in [4.69, 9.17) is 0 Å². The highest BCUT2D eigenvalue weighted by molar-refractivity contribution is 7.99. The van der Waals surface area contributed by atoms with Crippen molar-refractivity contribution in [3.8, 4) is 0 Å². The van der Waals surface area contributed by atoms with Crippen LogP contribution in [0.15, 0.2) is 35.5 Å². The van der Waals surface area contributed by atoms with Gasteiger partial charge in [-0.2, -0.15) is 0 Å². The van der Waals surface area contributed by atoms with E-state index in [9.17, 15) is 4.79 Å². The Kier molecular flexibility index (Phi) is 6.33. The fraction of sp³-hybridized carbons (Fsp3) is 0.654. The topological polar surface area (TPSA) is 59.8 Å². The molecule has 0 aliphatic heterocycles. The lowest BCUT2D eigenvalue weighted by atomic mass is 9.49. The van der Waals surface area contributed by atoms with Gasteiger partial charge in [0.25, 0.3) is 0 Å². The van der Waals surface area contributed by atoms with Gasteiger partial charge in [0, 0.05) is 17.2 Å². The van der Waals surface area contributed by atoms with Crippen LogP contribution in [0.2, 0.25) is 0 Å². The summed E-state index contributed by atoms with van der Waals surface area (Å²) in [5, 5.41) is 13.8. The highest BCUT2D eigenvalue weighted by atomic mass is 32.2.